The van der Waals surface area contributed by atoms with Crippen LogP contribution in [0.5, 0.6) is 5.75 Å². The number of aryl methyl sites for hydroxylation is 4. The lowest BCUT2D eigenvalue weighted by molar-refractivity contribution is 0.0953. The molecule has 0 radical (unpaired) electrons. The van der Waals surface area contributed by atoms with Crippen LogP contribution in [0.4, 0.5) is 0 Å². The Labute approximate surface area is 208 Å². The number of fused-ring (bicyclic) bond motifs is 1. The molecule has 0 aliphatic carbocycles. The van der Waals surface area contributed by atoms with E-state index in [2.05, 4.69) is 54.1 Å². The van der Waals surface area contributed by atoms with Crippen LogP contribution in [-0.2, 0) is 13.0 Å². The van der Waals surface area contributed by atoms with E-state index in [1.165, 1.54) is 11.1 Å². The van der Waals surface area contributed by atoms with Crippen LogP contribution < -0.4 is 10.1 Å². The van der Waals surface area contributed by atoms with Gasteiger partial charge in [-0.2, -0.15) is 0 Å². The predicted molar refractivity (Wildman–Crippen MR) is 142 cm³/mol. The summed E-state index contributed by atoms with van der Waals surface area (Å²) in [6.07, 6.45) is 3.93. The topological polar surface area (TPSA) is 56.2 Å². The summed E-state index contributed by atoms with van der Waals surface area (Å²) in [5.74, 6) is 2.00. The number of nitrogens with one attached hydrogen (secondary N) is 1. The number of hydrogen-bond donors (Lipinski definition) is 1. The lowest BCUT2D eigenvalue weighted by atomic mass is 10.1. The molecule has 0 spiro atoms. The van der Waals surface area contributed by atoms with Crippen molar-refractivity contribution in [1.29, 1.82) is 0 Å². The van der Waals surface area contributed by atoms with Gasteiger partial charge in [0.05, 0.1) is 17.6 Å². The Kier molecular flexibility index (Phi) is 8.19. The fourth-order valence-corrected chi connectivity index (χ4v) is 4.30. The van der Waals surface area contributed by atoms with Gasteiger partial charge in [-0.15, -0.1) is 0 Å². The molecule has 4 rings (SSSR count). The molecule has 0 unspecified atom stereocenters. The van der Waals surface area contributed by atoms with Crippen molar-refractivity contribution in [2.24, 2.45) is 0 Å². The van der Waals surface area contributed by atoms with Crippen LogP contribution in [0.3, 0.4) is 0 Å². The molecule has 35 heavy (non-hydrogen) atoms. The highest BCUT2D eigenvalue weighted by Gasteiger charge is 2.11. The number of nitrogens with zero attached hydrogens (tertiary/aromatic N) is 2. The van der Waals surface area contributed by atoms with Gasteiger partial charge in [-0.1, -0.05) is 42.3 Å². The maximum Gasteiger partial charge on any atom is 0.251 e. The molecule has 1 amide bonds. The van der Waals surface area contributed by atoms with Crippen molar-refractivity contribution in [2.75, 3.05) is 13.2 Å². The minimum absolute atomic E-state index is 0.000682. The Bertz CT molecular complexity index is 1290. The van der Waals surface area contributed by atoms with Gasteiger partial charge in [-0.25, -0.2) is 4.98 Å². The van der Waals surface area contributed by atoms with Crippen LogP contribution in [0.25, 0.3) is 11.0 Å². The van der Waals surface area contributed by atoms with Crippen molar-refractivity contribution in [3.8, 4) is 5.75 Å². The van der Waals surface area contributed by atoms with Gasteiger partial charge in [0.1, 0.15) is 18.2 Å². The molecule has 0 saturated carbocycles. The molecule has 4 aromatic rings. The maximum atomic E-state index is 12.3. The second kappa shape index (κ2) is 11.7. The van der Waals surface area contributed by atoms with E-state index >= 15 is 0 Å². The monoisotopic (exact) mass is 469 g/mol. The van der Waals surface area contributed by atoms with Gasteiger partial charge in [-0.3, -0.25) is 4.79 Å². The summed E-state index contributed by atoms with van der Waals surface area (Å²) in [4.78, 5) is 17.2. The molecular formula is C30H35N3O2. The van der Waals surface area contributed by atoms with Crippen LogP contribution in [0.1, 0.15) is 52.1 Å². The van der Waals surface area contributed by atoms with E-state index in [9.17, 15) is 4.79 Å². The Morgan fingerprint density at radius 2 is 1.77 bits per heavy atom. The van der Waals surface area contributed by atoms with Crippen molar-refractivity contribution in [3.05, 3.63) is 94.8 Å². The van der Waals surface area contributed by atoms with Gasteiger partial charge >= 0.3 is 0 Å². The second-order valence-corrected chi connectivity index (χ2v) is 9.20. The van der Waals surface area contributed by atoms with E-state index in [4.69, 9.17) is 9.72 Å². The average molecular weight is 470 g/mol. The summed E-state index contributed by atoms with van der Waals surface area (Å²) in [7, 11) is 0. The normalized spacial score (nSPS) is 11.1. The molecular weight excluding hydrogens is 434 g/mol. The zero-order chi connectivity index (χ0) is 24.6. The van der Waals surface area contributed by atoms with E-state index in [0.29, 0.717) is 13.2 Å². The molecule has 0 aliphatic heterocycles. The predicted octanol–water partition coefficient (Wildman–Crippen LogP) is 6.18. The number of unbranched alkanes of at least 4 members (excludes halogenated alkanes) is 2. The maximum absolute atomic E-state index is 12.3. The molecule has 0 saturated heterocycles. The quantitative estimate of drug-likeness (QED) is 0.267. The first-order valence-electron chi connectivity index (χ1n) is 12.5. The zero-order valence-electron chi connectivity index (χ0n) is 21.0. The third kappa shape index (κ3) is 6.50. The van der Waals surface area contributed by atoms with Gasteiger partial charge in [-0.05, 0) is 81.1 Å². The molecule has 0 bridgehead atoms. The molecule has 182 valence electrons. The number of imidazole rings is 1. The summed E-state index contributed by atoms with van der Waals surface area (Å²) in [5.41, 5.74) is 6.51. The fourth-order valence-electron chi connectivity index (χ4n) is 4.30. The number of aromatic nitrogens is 2. The van der Waals surface area contributed by atoms with E-state index in [1.54, 1.807) is 0 Å². The van der Waals surface area contributed by atoms with Gasteiger partial charge in [0.25, 0.3) is 5.91 Å². The van der Waals surface area contributed by atoms with Crippen molar-refractivity contribution in [1.82, 2.24) is 14.9 Å². The van der Waals surface area contributed by atoms with Gasteiger partial charge in [0, 0.05) is 18.5 Å². The van der Waals surface area contributed by atoms with Crippen LogP contribution in [0.15, 0.2) is 66.7 Å². The number of benzene rings is 3. The minimum atomic E-state index is -0.000682. The Morgan fingerprint density at radius 3 is 2.60 bits per heavy atom. The lowest BCUT2D eigenvalue weighted by Gasteiger charge is -2.12. The minimum Gasteiger partial charge on any atom is -0.492 e. The van der Waals surface area contributed by atoms with E-state index in [1.807, 2.05) is 43.3 Å². The summed E-state index contributed by atoms with van der Waals surface area (Å²) < 4.78 is 8.34. The SMILES string of the molecule is Cc1cccc(C(=O)NCCCCCc2nc3ccccc3n2CCOc2ccc(C)c(C)c2)c1. The fraction of sp³-hybridized carbons (Fsp3) is 0.333. The van der Waals surface area contributed by atoms with Gasteiger partial charge < -0.3 is 14.6 Å². The summed E-state index contributed by atoms with van der Waals surface area (Å²) >= 11 is 0. The van der Waals surface area contributed by atoms with Gasteiger partial charge in [0.15, 0.2) is 0 Å². The number of carbonyl (C=O) groups excluding carboxylic acids is 1. The molecule has 3 aromatic carbocycles. The number of rotatable bonds is 11. The molecule has 0 fully saturated rings. The van der Waals surface area contributed by atoms with Crippen LogP contribution in [0.2, 0.25) is 0 Å². The smallest absolute Gasteiger partial charge is 0.251 e. The zero-order valence-corrected chi connectivity index (χ0v) is 21.0. The summed E-state index contributed by atoms with van der Waals surface area (Å²) in [6.45, 7) is 8.27. The number of amides is 1. The largest absolute Gasteiger partial charge is 0.492 e. The lowest BCUT2D eigenvalue weighted by Crippen LogP contribution is -2.24. The molecule has 0 aliphatic rings. The van der Waals surface area contributed by atoms with Crippen molar-refractivity contribution in [2.45, 2.75) is 53.0 Å². The number of hydrogen-bond acceptors (Lipinski definition) is 3. The first kappa shape index (κ1) is 24.5. The first-order chi connectivity index (χ1) is 17.0. The van der Waals surface area contributed by atoms with Gasteiger partial charge in [0.2, 0.25) is 0 Å². The highest BCUT2D eigenvalue weighted by molar-refractivity contribution is 5.94. The third-order valence-electron chi connectivity index (χ3n) is 6.44. The standard InChI is InChI=1S/C30H35N3O2/c1-22-10-9-11-25(20-22)30(34)31-17-8-4-5-14-29-32-27-12-6-7-13-28(27)33(29)18-19-35-26-16-15-23(2)24(3)21-26/h6-7,9-13,15-16,20-21H,4-5,8,14,17-19H2,1-3H3,(H,31,34). The highest BCUT2D eigenvalue weighted by Crippen LogP contribution is 2.20. The summed E-state index contributed by atoms with van der Waals surface area (Å²) in [6, 6.07) is 22.2. The second-order valence-electron chi connectivity index (χ2n) is 9.20. The molecule has 0 atom stereocenters. The first-order valence-corrected chi connectivity index (χ1v) is 12.5. The van der Waals surface area contributed by atoms with Crippen LogP contribution in [0, 0.1) is 20.8 Å². The number of carbonyl (C=O) groups is 1. The Hall–Kier alpha value is -3.60. The van der Waals surface area contributed by atoms with Crippen LogP contribution >= 0.6 is 0 Å². The highest BCUT2D eigenvalue weighted by atomic mass is 16.5. The van der Waals surface area contributed by atoms with Crippen molar-refractivity contribution < 1.29 is 9.53 Å². The van der Waals surface area contributed by atoms with Crippen LogP contribution in [-0.4, -0.2) is 28.6 Å². The number of para-hydroxylation sites is 2. The average Bonchev–Trinajstić information content (AvgIpc) is 3.20. The van der Waals surface area contributed by atoms with E-state index in [0.717, 1.165) is 66.0 Å². The molecule has 5 nitrogen and oxygen atoms in total. The van der Waals surface area contributed by atoms with E-state index < -0.39 is 0 Å². The van der Waals surface area contributed by atoms with Crippen molar-refractivity contribution in [3.63, 3.8) is 0 Å². The Morgan fingerprint density at radius 1 is 0.914 bits per heavy atom. The molecule has 1 N–H and O–H groups in total. The third-order valence-corrected chi connectivity index (χ3v) is 6.44. The van der Waals surface area contributed by atoms with Crippen molar-refractivity contribution >= 4 is 16.9 Å². The summed E-state index contributed by atoms with van der Waals surface area (Å²) in [5, 5.41) is 3.03. The molecule has 5 heteroatoms. The Balaban J connectivity index is 1.28. The molecule has 1 aromatic heterocycles. The molecule has 1 heterocycles. The van der Waals surface area contributed by atoms with E-state index in [-0.39, 0.29) is 5.91 Å². The number of ether oxygens (including phenoxy) is 1.